The predicted molar refractivity (Wildman–Crippen MR) is 83.1 cm³/mol. The number of nitro groups is 1. The van der Waals surface area contributed by atoms with Crippen LogP contribution in [0.1, 0.15) is 26.7 Å². The van der Waals surface area contributed by atoms with Crippen LogP contribution >= 0.6 is 0 Å². The molecule has 122 valence electrons. The Kier molecular flexibility index (Phi) is 4.84. The van der Waals surface area contributed by atoms with Crippen LogP contribution < -0.4 is 10.0 Å². The molecule has 8 heteroatoms. The van der Waals surface area contributed by atoms with Gasteiger partial charge in [-0.05, 0) is 30.9 Å². The first kappa shape index (κ1) is 16.9. The standard InChI is InChI=1S/C14H21N3O4S/c1-14(2)8-5-9-15-13(14)10-16-22(20,21)12-7-4-3-6-11(12)17(18)19/h3-4,6-7,13,15-16H,5,8-10H2,1-2H3. The average Bonchev–Trinajstić information content (AvgIpc) is 2.45. The second kappa shape index (κ2) is 6.31. The van der Waals surface area contributed by atoms with Crippen LogP contribution in [0.5, 0.6) is 0 Å². The van der Waals surface area contributed by atoms with E-state index in [2.05, 4.69) is 23.9 Å². The third-order valence-electron chi connectivity index (χ3n) is 4.16. The molecule has 0 radical (unpaired) electrons. The average molecular weight is 327 g/mol. The first-order chi connectivity index (χ1) is 10.2. The van der Waals surface area contributed by atoms with Gasteiger partial charge in [0.25, 0.3) is 5.69 Å². The summed E-state index contributed by atoms with van der Waals surface area (Å²) >= 11 is 0. The van der Waals surface area contributed by atoms with Crippen LogP contribution in [0.2, 0.25) is 0 Å². The maximum Gasteiger partial charge on any atom is 0.289 e. The lowest BCUT2D eigenvalue weighted by Crippen LogP contribution is -2.52. The van der Waals surface area contributed by atoms with Gasteiger partial charge in [-0.3, -0.25) is 10.1 Å². The molecule has 1 aliphatic rings. The molecule has 0 aromatic heterocycles. The molecule has 0 bridgehead atoms. The molecular weight excluding hydrogens is 306 g/mol. The summed E-state index contributed by atoms with van der Waals surface area (Å²) < 4.78 is 27.2. The largest absolute Gasteiger partial charge is 0.312 e. The summed E-state index contributed by atoms with van der Waals surface area (Å²) in [5.41, 5.74) is -0.436. The second-order valence-electron chi connectivity index (χ2n) is 6.18. The van der Waals surface area contributed by atoms with Crippen molar-refractivity contribution in [3.8, 4) is 0 Å². The smallest absolute Gasteiger partial charge is 0.289 e. The Morgan fingerprint density at radius 3 is 2.73 bits per heavy atom. The van der Waals surface area contributed by atoms with Crippen LogP contribution in [-0.2, 0) is 10.0 Å². The molecule has 0 saturated carbocycles. The zero-order valence-corrected chi connectivity index (χ0v) is 13.5. The summed E-state index contributed by atoms with van der Waals surface area (Å²) in [6.45, 7) is 5.23. The van der Waals surface area contributed by atoms with Gasteiger partial charge in [0.2, 0.25) is 10.0 Å². The van der Waals surface area contributed by atoms with Gasteiger partial charge in [-0.25, -0.2) is 13.1 Å². The third kappa shape index (κ3) is 3.63. The van der Waals surface area contributed by atoms with Crippen molar-refractivity contribution in [2.45, 2.75) is 37.6 Å². The SMILES string of the molecule is CC1(C)CCCNC1CNS(=O)(=O)c1ccccc1[N+](=O)[O-]. The normalized spacial score (nSPS) is 21.5. The number of hydrogen-bond acceptors (Lipinski definition) is 5. The van der Waals surface area contributed by atoms with Gasteiger partial charge < -0.3 is 5.32 Å². The number of sulfonamides is 1. The van der Waals surface area contributed by atoms with E-state index in [1.54, 1.807) is 0 Å². The van der Waals surface area contributed by atoms with Gasteiger partial charge in [0.1, 0.15) is 0 Å². The first-order valence-corrected chi connectivity index (χ1v) is 8.69. The van der Waals surface area contributed by atoms with Crippen LogP contribution in [0.25, 0.3) is 0 Å². The van der Waals surface area contributed by atoms with E-state index in [9.17, 15) is 18.5 Å². The van der Waals surface area contributed by atoms with Crippen molar-refractivity contribution in [2.75, 3.05) is 13.1 Å². The van der Waals surface area contributed by atoms with Crippen LogP contribution in [0.4, 0.5) is 5.69 Å². The second-order valence-corrected chi connectivity index (χ2v) is 7.91. The molecule has 1 heterocycles. The molecule has 1 saturated heterocycles. The number of para-hydroxylation sites is 1. The van der Waals surface area contributed by atoms with E-state index in [1.165, 1.54) is 24.3 Å². The van der Waals surface area contributed by atoms with E-state index in [0.29, 0.717) is 0 Å². The molecule has 0 aliphatic carbocycles. The van der Waals surface area contributed by atoms with Crippen LogP contribution in [0.3, 0.4) is 0 Å². The zero-order valence-electron chi connectivity index (χ0n) is 12.7. The number of benzene rings is 1. The fraction of sp³-hybridized carbons (Fsp3) is 0.571. The Morgan fingerprint density at radius 1 is 1.41 bits per heavy atom. The Balaban J connectivity index is 2.17. The topological polar surface area (TPSA) is 101 Å². The summed E-state index contributed by atoms with van der Waals surface area (Å²) in [6.07, 6.45) is 2.07. The molecule has 1 aromatic carbocycles. The monoisotopic (exact) mass is 327 g/mol. The molecule has 2 rings (SSSR count). The minimum atomic E-state index is -3.92. The maximum absolute atomic E-state index is 12.4. The number of nitrogens with zero attached hydrogens (tertiary/aromatic N) is 1. The summed E-state index contributed by atoms with van der Waals surface area (Å²) in [4.78, 5) is 10.00. The molecule has 0 amide bonds. The molecule has 1 fully saturated rings. The fourth-order valence-corrected chi connectivity index (χ4v) is 3.94. The highest BCUT2D eigenvalue weighted by atomic mass is 32.2. The number of rotatable bonds is 5. The maximum atomic E-state index is 12.4. The lowest BCUT2D eigenvalue weighted by atomic mass is 9.78. The van der Waals surface area contributed by atoms with Crippen LogP contribution in [0.15, 0.2) is 29.2 Å². The minimum absolute atomic E-state index is 0.00112. The van der Waals surface area contributed by atoms with Crippen molar-refractivity contribution in [2.24, 2.45) is 5.41 Å². The van der Waals surface area contributed by atoms with Gasteiger partial charge in [-0.1, -0.05) is 26.0 Å². The lowest BCUT2D eigenvalue weighted by Gasteiger charge is -2.39. The van der Waals surface area contributed by atoms with Crippen molar-refractivity contribution in [1.82, 2.24) is 10.0 Å². The molecular formula is C14H21N3O4S. The van der Waals surface area contributed by atoms with E-state index in [1.807, 2.05) is 0 Å². The molecule has 1 atom stereocenters. The van der Waals surface area contributed by atoms with Crippen molar-refractivity contribution < 1.29 is 13.3 Å². The highest BCUT2D eigenvalue weighted by Gasteiger charge is 2.33. The Morgan fingerprint density at radius 2 is 2.09 bits per heavy atom. The van der Waals surface area contributed by atoms with Gasteiger partial charge in [0.15, 0.2) is 4.90 Å². The zero-order chi connectivity index (χ0) is 16.4. The molecule has 7 nitrogen and oxygen atoms in total. The van der Waals surface area contributed by atoms with Crippen molar-refractivity contribution in [3.63, 3.8) is 0 Å². The molecule has 2 N–H and O–H groups in total. The fourth-order valence-electron chi connectivity index (χ4n) is 2.73. The van der Waals surface area contributed by atoms with E-state index >= 15 is 0 Å². The predicted octanol–water partition coefficient (Wildman–Crippen LogP) is 1.65. The minimum Gasteiger partial charge on any atom is -0.312 e. The molecule has 0 spiro atoms. The summed E-state index contributed by atoms with van der Waals surface area (Å²) in [7, 11) is -3.92. The quantitative estimate of drug-likeness (QED) is 0.632. The van der Waals surface area contributed by atoms with Crippen molar-refractivity contribution >= 4 is 15.7 Å². The summed E-state index contributed by atoms with van der Waals surface area (Å²) in [5, 5.41) is 14.3. The number of hydrogen-bond donors (Lipinski definition) is 2. The van der Waals surface area contributed by atoms with E-state index in [-0.39, 0.29) is 22.9 Å². The Hall–Kier alpha value is -1.51. The molecule has 22 heavy (non-hydrogen) atoms. The van der Waals surface area contributed by atoms with Crippen molar-refractivity contribution in [1.29, 1.82) is 0 Å². The highest BCUT2D eigenvalue weighted by Crippen LogP contribution is 2.30. The van der Waals surface area contributed by atoms with Crippen molar-refractivity contribution in [3.05, 3.63) is 34.4 Å². The Labute approximate surface area is 130 Å². The van der Waals surface area contributed by atoms with Gasteiger partial charge in [0, 0.05) is 18.7 Å². The van der Waals surface area contributed by atoms with E-state index in [4.69, 9.17) is 0 Å². The van der Waals surface area contributed by atoms with Gasteiger partial charge in [0.05, 0.1) is 4.92 Å². The first-order valence-electron chi connectivity index (χ1n) is 7.20. The van der Waals surface area contributed by atoms with E-state index < -0.39 is 20.6 Å². The molecule has 1 aromatic rings. The third-order valence-corrected chi connectivity index (χ3v) is 5.63. The van der Waals surface area contributed by atoms with Gasteiger partial charge >= 0.3 is 0 Å². The Bertz CT molecular complexity index is 658. The number of piperidine rings is 1. The summed E-state index contributed by atoms with van der Waals surface area (Å²) in [6, 6.07) is 5.36. The number of nitrogens with one attached hydrogen (secondary N) is 2. The van der Waals surface area contributed by atoms with Gasteiger partial charge in [-0.2, -0.15) is 0 Å². The number of nitro benzene ring substituents is 1. The highest BCUT2D eigenvalue weighted by molar-refractivity contribution is 7.89. The summed E-state index contributed by atoms with van der Waals surface area (Å²) in [5.74, 6) is 0. The molecule has 1 aliphatic heterocycles. The lowest BCUT2D eigenvalue weighted by molar-refractivity contribution is -0.387. The van der Waals surface area contributed by atoms with Gasteiger partial charge in [-0.15, -0.1) is 0 Å². The van der Waals surface area contributed by atoms with Crippen LogP contribution in [0, 0.1) is 15.5 Å². The van der Waals surface area contributed by atoms with E-state index in [0.717, 1.165) is 19.4 Å². The molecule has 1 unspecified atom stereocenters. The van der Waals surface area contributed by atoms with Crippen LogP contribution in [-0.4, -0.2) is 32.5 Å².